The van der Waals surface area contributed by atoms with E-state index >= 15 is 0 Å². The van der Waals surface area contributed by atoms with Crippen LogP contribution >= 0.6 is 0 Å². The Hall–Kier alpha value is -5.43. The molecule has 8 aliphatic carbocycles. The van der Waals surface area contributed by atoms with Crippen molar-refractivity contribution in [3.8, 4) is 0 Å². The van der Waals surface area contributed by atoms with E-state index in [4.69, 9.17) is 0 Å². The highest BCUT2D eigenvalue weighted by Crippen LogP contribution is 2.18. The fraction of sp³-hybridized carbons (Fsp3) is 0.295. The van der Waals surface area contributed by atoms with Crippen LogP contribution in [-0.2, 0) is 6.42 Å². The molecule has 4 aromatic rings. The average Bonchev–Trinajstić information content (AvgIpc) is 3.16. The van der Waals surface area contributed by atoms with Gasteiger partial charge in [-0.25, -0.2) is 0 Å². The van der Waals surface area contributed by atoms with E-state index in [2.05, 4.69) is 0 Å². The van der Waals surface area contributed by atoms with E-state index in [1.807, 2.05) is 24.3 Å². The maximum absolute atomic E-state index is 12.2. The van der Waals surface area contributed by atoms with Crippen LogP contribution in [0.4, 0.5) is 0 Å². The molecule has 0 fully saturated rings. The molecule has 0 saturated carbocycles. The highest BCUT2D eigenvalue weighted by Gasteiger charge is 2.15. The molecule has 8 bridgehead atoms. The van der Waals surface area contributed by atoms with Gasteiger partial charge < -0.3 is 0 Å². The Morgan fingerprint density at radius 2 is 0.392 bits per heavy atom. The van der Waals surface area contributed by atoms with Crippen LogP contribution in [0.25, 0.3) is 0 Å². The molecule has 0 N–H and O–H groups in total. The van der Waals surface area contributed by atoms with E-state index in [1.54, 1.807) is 72.8 Å². The van der Waals surface area contributed by atoms with Crippen molar-refractivity contribution < 1.29 is 33.6 Å². The number of aryl methyl sites for hydroxylation is 1. The van der Waals surface area contributed by atoms with Crippen molar-refractivity contribution in [2.24, 2.45) is 0 Å². The van der Waals surface area contributed by atoms with Crippen molar-refractivity contribution in [2.45, 2.75) is 83.5 Å². The SMILES string of the molecule is O=C1CCCC(=O)c2ccc(cc2)C(=O)CCCC(=O)c2ccc1cc2.O=C1CCCCc2ccc(cc2)C(=O)CCCC(=O)c2ccc1cc2. The van der Waals surface area contributed by atoms with E-state index in [9.17, 15) is 33.6 Å². The number of carbonyl (C=O) groups is 7. The Labute approximate surface area is 298 Å². The van der Waals surface area contributed by atoms with Gasteiger partial charge in [-0.15, -0.1) is 0 Å². The minimum atomic E-state index is -0.0288. The van der Waals surface area contributed by atoms with Crippen molar-refractivity contribution in [2.75, 3.05) is 0 Å². The minimum Gasteiger partial charge on any atom is -0.294 e. The molecule has 8 aliphatic rings. The van der Waals surface area contributed by atoms with Gasteiger partial charge >= 0.3 is 0 Å². The zero-order valence-corrected chi connectivity index (χ0v) is 28.8. The van der Waals surface area contributed by atoms with E-state index in [-0.39, 0.29) is 66.2 Å². The van der Waals surface area contributed by atoms with Gasteiger partial charge in [-0.3, -0.25) is 33.6 Å². The Balaban J connectivity index is 0.000000198. The first-order chi connectivity index (χ1) is 24.7. The van der Waals surface area contributed by atoms with E-state index in [0.717, 1.165) is 19.3 Å². The lowest BCUT2D eigenvalue weighted by Gasteiger charge is -2.07. The molecular formula is C44H42O7. The fourth-order valence-corrected chi connectivity index (χ4v) is 6.24. The summed E-state index contributed by atoms with van der Waals surface area (Å²) in [7, 11) is 0. The molecule has 4 aromatic carbocycles. The number of ketones is 7. The van der Waals surface area contributed by atoms with Crippen LogP contribution < -0.4 is 0 Å². The molecule has 0 spiro atoms. The van der Waals surface area contributed by atoms with Gasteiger partial charge in [0.15, 0.2) is 40.5 Å². The number of carbonyl (C=O) groups excluding carboxylic acids is 7. The van der Waals surface area contributed by atoms with Gasteiger partial charge in [-0.05, 0) is 44.1 Å². The van der Waals surface area contributed by atoms with Crippen LogP contribution in [-0.4, -0.2) is 40.5 Å². The molecule has 0 amide bonds. The van der Waals surface area contributed by atoms with Gasteiger partial charge in [0.1, 0.15) is 0 Å². The van der Waals surface area contributed by atoms with Gasteiger partial charge in [0.2, 0.25) is 0 Å². The van der Waals surface area contributed by atoms with Crippen LogP contribution in [0.1, 0.15) is 155 Å². The highest BCUT2D eigenvalue weighted by atomic mass is 16.1. The minimum absolute atomic E-state index is 0.0169. The van der Waals surface area contributed by atoms with Gasteiger partial charge in [-0.2, -0.15) is 0 Å². The number of benzene rings is 4. The summed E-state index contributed by atoms with van der Waals surface area (Å²) in [6, 6.07) is 27.9. The molecule has 7 heteroatoms. The van der Waals surface area contributed by atoms with E-state index in [1.165, 1.54) is 5.56 Å². The molecule has 0 heterocycles. The van der Waals surface area contributed by atoms with Gasteiger partial charge in [0, 0.05) is 83.9 Å². The number of Topliss-reactive ketones (excluding diaryl/α,β-unsaturated/α-hetero) is 7. The molecule has 51 heavy (non-hydrogen) atoms. The topological polar surface area (TPSA) is 119 Å². The molecule has 0 radical (unpaired) electrons. The molecule has 12 rings (SSSR count). The molecule has 260 valence electrons. The Morgan fingerprint density at radius 3 is 0.627 bits per heavy atom. The first-order valence-corrected chi connectivity index (χ1v) is 17.8. The van der Waals surface area contributed by atoms with Gasteiger partial charge in [0.25, 0.3) is 0 Å². The summed E-state index contributed by atoms with van der Waals surface area (Å²) in [5.41, 5.74) is 5.36. The van der Waals surface area contributed by atoms with Crippen LogP contribution in [0.2, 0.25) is 0 Å². The molecular weight excluding hydrogens is 640 g/mol. The van der Waals surface area contributed by atoms with E-state index in [0.29, 0.717) is 77.5 Å². The Bertz CT molecular complexity index is 1750. The second-order valence-electron chi connectivity index (χ2n) is 13.2. The lowest BCUT2D eigenvalue weighted by atomic mass is 9.96. The molecule has 0 aliphatic heterocycles. The number of hydrogen-bond donors (Lipinski definition) is 0. The van der Waals surface area contributed by atoms with Crippen LogP contribution in [0.5, 0.6) is 0 Å². The van der Waals surface area contributed by atoms with Crippen LogP contribution in [0.3, 0.4) is 0 Å². The third-order valence-electron chi connectivity index (χ3n) is 9.40. The maximum Gasteiger partial charge on any atom is 0.162 e. The normalized spacial score (nSPS) is 16.7. The van der Waals surface area contributed by atoms with Crippen LogP contribution in [0.15, 0.2) is 97.1 Å². The molecule has 0 aromatic heterocycles. The summed E-state index contributed by atoms with van der Waals surface area (Å²) in [6.07, 6.45) is 6.56. The largest absolute Gasteiger partial charge is 0.294 e. The summed E-state index contributed by atoms with van der Waals surface area (Å²) in [5, 5.41) is 0. The molecule has 0 saturated heterocycles. The van der Waals surface area contributed by atoms with Crippen molar-refractivity contribution >= 4 is 40.5 Å². The second kappa shape index (κ2) is 18.0. The van der Waals surface area contributed by atoms with Crippen molar-refractivity contribution in [1.82, 2.24) is 0 Å². The maximum atomic E-state index is 12.2. The fourth-order valence-electron chi connectivity index (χ4n) is 6.24. The standard InChI is InChI=1S/C22H20O4.C22H22O3/c23-19-3-1-4-20(24)16-9-13-18(14-10-16)22(26)6-2-5-21(25)17-11-7-15(19)8-12-17;23-20-5-2-1-4-16-8-10-17(11-9-16)21(24)6-3-7-22(25)19-14-12-18(20)13-15-19/h7-14H,1-6H2;8-15H,1-7H2. The number of hydrogen-bond acceptors (Lipinski definition) is 7. The van der Waals surface area contributed by atoms with E-state index < -0.39 is 0 Å². The lowest BCUT2D eigenvalue weighted by molar-refractivity contribution is 0.0937. The molecule has 0 unspecified atom stereocenters. The molecule has 0 atom stereocenters. The Kier molecular flexibility index (Phi) is 13.0. The first-order valence-electron chi connectivity index (χ1n) is 17.8. The predicted molar refractivity (Wildman–Crippen MR) is 195 cm³/mol. The zero-order valence-electron chi connectivity index (χ0n) is 28.8. The lowest BCUT2D eigenvalue weighted by Crippen LogP contribution is -2.07. The van der Waals surface area contributed by atoms with Crippen molar-refractivity contribution in [3.63, 3.8) is 0 Å². The first kappa shape index (κ1) is 36.8. The average molecular weight is 683 g/mol. The predicted octanol–water partition coefficient (Wildman–Crippen LogP) is 9.30. The third-order valence-corrected chi connectivity index (χ3v) is 9.40. The van der Waals surface area contributed by atoms with Crippen LogP contribution in [0, 0.1) is 0 Å². The van der Waals surface area contributed by atoms with Crippen molar-refractivity contribution in [1.29, 1.82) is 0 Å². The highest BCUT2D eigenvalue weighted by molar-refractivity contribution is 6.03. The van der Waals surface area contributed by atoms with Gasteiger partial charge in [0.05, 0.1) is 0 Å². The van der Waals surface area contributed by atoms with Gasteiger partial charge in [-0.1, -0.05) is 97.1 Å². The third kappa shape index (κ3) is 10.5. The summed E-state index contributed by atoms with van der Waals surface area (Å²) in [5.74, 6) is 0.112. The summed E-state index contributed by atoms with van der Waals surface area (Å²) in [4.78, 5) is 85.6. The Morgan fingerprint density at radius 1 is 0.216 bits per heavy atom. The zero-order chi connectivity index (χ0) is 36.2. The van der Waals surface area contributed by atoms with Crippen molar-refractivity contribution in [3.05, 3.63) is 142 Å². The summed E-state index contributed by atoms with van der Waals surface area (Å²) >= 11 is 0. The number of rotatable bonds is 0. The second-order valence-corrected chi connectivity index (χ2v) is 13.2. The molecule has 7 nitrogen and oxygen atoms in total. The quantitative estimate of drug-likeness (QED) is 0.181. The smallest absolute Gasteiger partial charge is 0.162 e. The summed E-state index contributed by atoms with van der Waals surface area (Å²) < 4.78 is 0. The monoisotopic (exact) mass is 682 g/mol. The summed E-state index contributed by atoms with van der Waals surface area (Å²) in [6.45, 7) is 0.